The maximum atomic E-state index is 12.6. The van der Waals surface area contributed by atoms with Gasteiger partial charge in [-0.05, 0) is 31.9 Å². The molecule has 0 unspecified atom stereocenters. The Bertz CT molecular complexity index is 861. The van der Waals surface area contributed by atoms with Gasteiger partial charge in [0.05, 0.1) is 12.3 Å². The van der Waals surface area contributed by atoms with Crippen LogP contribution < -0.4 is 14.8 Å². The fourth-order valence-corrected chi connectivity index (χ4v) is 4.71. The van der Waals surface area contributed by atoms with Crippen LogP contribution in [0.5, 0.6) is 5.75 Å². The number of aromatic nitrogens is 1. The van der Waals surface area contributed by atoms with Crippen LogP contribution in [-0.2, 0) is 16.4 Å². The number of nitrogens with zero attached hydrogens (tertiary/aromatic N) is 1. The van der Waals surface area contributed by atoms with Crippen LogP contribution in [0.15, 0.2) is 29.2 Å². The number of hydrogen-bond donors (Lipinski definition) is 2. The number of aryl methyl sites for hydroxylation is 1. The predicted octanol–water partition coefficient (Wildman–Crippen LogP) is 2.02. The molecule has 0 spiro atoms. The Kier molecular flexibility index (Phi) is 4.72. The lowest BCUT2D eigenvalue weighted by molar-refractivity contribution is 0.0960. The molecule has 128 valence electrons. The van der Waals surface area contributed by atoms with Crippen molar-refractivity contribution < 1.29 is 17.9 Å². The van der Waals surface area contributed by atoms with E-state index >= 15 is 0 Å². The third-order valence-electron chi connectivity index (χ3n) is 3.44. The molecule has 7 nitrogen and oxygen atoms in total. The fraction of sp³-hybridized carbons (Fsp3) is 0.333. The number of anilines is 1. The number of hydrogen-bond acceptors (Lipinski definition) is 6. The molecule has 0 saturated heterocycles. The van der Waals surface area contributed by atoms with E-state index in [0.717, 1.165) is 17.8 Å². The maximum Gasteiger partial charge on any atom is 0.267 e. The van der Waals surface area contributed by atoms with Crippen molar-refractivity contribution in [1.29, 1.82) is 0 Å². The van der Waals surface area contributed by atoms with Crippen LogP contribution in [0.3, 0.4) is 0 Å². The SMILES string of the molecule is CCOc1ccccc1S(=O)(=O)Nc1nc2c(s1)C(=O)NCCC2. The van der Waals surface area contributed by atoms with E-state index in [1.54, 1.807) is 25.1 Å². The third-order valence-corrected chi connectivity index (χ3v) is 5.96. The number of thiazole rings is 1. The number of ether oxygens (including phenoxy) is 1. The van der Waals surface area contributed by atoms with Gasteiger partial charge in [0.2, 0.25) is 0 Å². The number of carbonyl (C=O) groups excluding carboxylic acids is 1. The first-order chi connectivity index (χ1) is 11.5. The standard InChI is InChI=1S/C15H17N3O4S2/c1-2-22-11-7-3-4-8-12(11)24(20,21)18-15-17-10-6-5-9-16-14(19)13(10)23-15/h3-4,7-8H,2,5-6,9H2,1H3,(H,16,19)(H,17,18). The van der Waals surface area contributed by atoms with Gasteiger partial charge in [-0.15, -0.1) is 0 Å². The average Bonchev–Trinajstić information content (AvgIpc) is 2.86. The van der Waals surface area contributed by atoms with Gasteiger partial charge in [-0.3, -0.25) is 9.52 Å². The zero-order valence-corrected chi connectivity index (χ0v) is 14.7. The lowest BCUT2D eigenvalue weighted by Crippen LogP contribution is -2.21. The lowest BCUT2D eigenvalue weighted by Gasteiger charge is -2.10. The van der Waals surface area contributed by atoms with Gasteiger partial charge >= 0.3 is 0 Å². The second kappa shape index (κ2) is 6.78. The molecule has 2 N–H and O–H groups in total. The molecule has 0 atom stereocenters. The second-order valence-electron chi connectivity index (χ2n) is 5.14. The number of carbonyl (C=O) groups is 1. The van der Waals surface area contributed by atoms with E-state index in [4.69, 9.17) is 4.74 Å². The lowest BCUT2D eigenvalue weighted by atomic mass is 10.2. The molecule has 1 aromatic heterocycles. The number of sulfonamides is 1. The van der Waals surface area contributed by atoms with Crippen LogP contribution in [0, 0.1) is 0 Å². The molecule has 0 aliphatic carbocycles. The first-order valence-corrected chi connectivity index (χ1v) is 9.84. The van der Waals surface area contributed by atoms with Crippen LogP contribution in [0.1, 0.15) is 28.7 Å². The Morgan fingerprint density at radius 2 is 2.17 bits per heavy atom. The van der Waals surface area contributed by atoms with E-state index in [2.05, 4.69) is 15.0 Å². The summed E-state index contributed by atoms with van der Waals surface area (Å²) >= 11 is 1.04. The molecule has 1 aliphatic rings. The molecular formula is C15H17N3O4S2. The first-order valence-electron chi connectivity index (χ1n) is 7.54. The Balaban J connectivity index is 1.91. The van der Waals surface area contributed by atoms with E-state index in [1.165, 1.54) is 6.07 Å². The summed E-state index contributed by atoms with van der Waals surface area (Å²) in [5, 5.41) is 2.95. The van der Waals surface area contributed by atoms with Crippen LogP contribution in [-0.4, -0.2) is 32.5 Å². The highest BCUT2D eigenvalue weighted by Gasteiger charge is 2.25. The summed E-state index contributed by atoms with van der Waals surface area (Å²) in [6, 6.07) is 6.41. The number of rotatable bonds is 5. The number of benzene rings is 1. The topological polar surface area (TPSA) is 97.4 Å². The second-order valence-corrected chi connectivity index (χ2v) is 7.79. The number of amides is 1. The molecule has 0 fully saturated rings. The molecule has 2 aromatic rings. The van der Waals surface area contributed by atoms with Crippen LogP contribution in [0.4, 0.5) is 5.13 Å². The number of nitrogens with one attached hydrogen (secondary N) is 2. The predicted molar refractivity (Wildman–Crippen MR) is 91.2 cm³/mol. The Morgan fingerprint density at radius 1 is 1.38 bits per heavy atom. The van der Waals surface area contributed by atoms with Crippen LogP contribution >= 0.6 is 11.3 Å². The monoisotopic (exact) mass is 367 g/mol. The molecule has 3 rings (SSSR count). The summed E-state index contributed by atoms with van der Waals surface area (Å²) in [4.78, 5) is 16.7. The van der Waals surface area contributed by atoms with Gasteiger partial charge in [0.15, 0.2) is 5.13 Å². The summed E-state index contributed by atoms with van der Waals surface area (Å²) in [5.74, 6) is 0.0727. The fourth-order valence-electron chi connectivity index (χ4n) is 2.40. The number of para-hydroxylation sites is 1. The zero-order valence-electron chi connectivity index (χ0n) is 13.0. The summed E-state index contributed by atoms with van der Waals surface area (Å²) < 4.78 is 33.1. The van der Waals surface area contributed by atoms with Gasteiger partial charge in [0.25, 0.3) is 15.9 Å². The van der Waals surface area contributed by atoms with Crippen LogP contribution in [0.25, 0.3) is 0 Å². The van der Waals surface area contributed by atoms with E-state index in [0.29, 0.717) is 30.1 Å². The van der Waals surface area contributed by atoms with Crippen molar-refractivity contribution in [3.63, 3.8) is 0 Å². The minimum absolute atomic E-state index is 0.0432. The van der Waals surface area contributed by atoms with Gasteiger partial charge in [0, 0.05) is 6.54 Å². The highest BCUT2D eigenvalue weighted by Crippen LogP contribution is 2.30. The van der Waals surface area contributed by atoms with E-state index in [1.807, 2.05) is 0 Å². The molecule has 1 amide bonds. The summed E-state index contributed by atoms with van der Waals surface area (Å²) in [6.07, 6.45) is 1.42. The quantitative estimate of drug-likeness (QED) is 0.843. The normalized spacial score (nSPS) is 14.5. The minimum atomic E-state index is -3.85. The van der Waals surface area contributed by atoms with E-state index < -0.39 is 10.0 Å². The molecule has 0 radical (unpaired) electrons. The molecule has 1 aliphatic heterocycles. The molecule has 0 saturated carbocycles. The molecule has 9 heteroatoms. The molecule has 1 aromatic carbocycles. The van der Waals surface area contributed by atoms with Crippen molar-refractivity contribution in [3.05, 3.63) is 34.8 Å². The van der Waals surface area contributed by atoms with Gasteiger partial charge in [-0.25, -0.2) is 13.4 Å². The largest absolute Gasteiger partial charge is 0.492 e. The van der Waals surface area contributed by atoms with Gasteiger partial charge in [-0.2, -0.15) is 0 Å². The maximum absolute atomic E-state index is 12.6. The smallest absolute Gasteiger partial charge is 0.267 e. The van der Waals surface area contributed by atoms with Crippen molar-refractivity contribution in [2.24, 2.45) is 0 Å². The molecule has 0 bridgehead atoms. The Hall–Kier alpha value is -2.13. The highest BCUT2D eigenvalue weighted by molar-refractivity contribution is 7.93. The van der Waals surface area contributed by atoms with E-state index in [-0.39, 0.29) is 21.7 Å². The Labute approximate surface area is 144 Å². The zero-order chi connectivity index (χ0) is 17.2. The van der Waals surface area contributed by atoms with Gasteiger partial charge < -0.3 is 10.1 Å². The van der Waals surface area contributed by atoms with Gasteiger partial charge in [-0.1, -0.05) is 23.5 Å². The summed E-state index contributed by atoms with van der Waals surface area (Å²) in [7, 11) is -3.85. The van der Waals surface area contributed by atoms with E-state index in [9.17, 15) is 13.2 Å². The van der Waals surface area contributed by atoms with Crippen molar-refractivity contribution in [3.8, 4) is 5.75 Å². The summed E-state index contributed by atoms with van der Waals surface area (Å²) in [5.41, 5.74) is 0.630. The first kappa shape index (κ1) is 16.7. The van der Waals surface area contributed by atoms with Crippen molar-refractivity contribution in [2.45, 2.75) is 24.7 Å². The van der Waals surface area contributed by atoms with Crippen molar-refractivity contribution >= 4 is 32.4 Å². The minimum Gasteiger partial charge on any atom is -0.492 e. The third kappa shape index (κ3) is 3.36. The van der Waals surface area contributed by atoms with Crippen molar-refractivity contribution in [1.82, 2.24) is 10.3 Å². The number of fused-ring (bicyclic) bond motifs is 1. The van der Waals surface area contributed by atoms with Crippen molar-refractivity contribution in [2.75, 3.05) is 17.9 Å². The highest BCUT2D eigenvalue weighted by atomic mass is 32.2. The molecule has 2 heterocycles. The van der Waals surface area contributed by atoms with Crippen LogP contribution in [0.2, 0.25) is 0 Å². The summed E-state index contributed by atoms with van der Waals surface area (Å²) in [6.45, 7) is 2.75. The Morgan fingerprint density at radius 3 is 2.96 bits per heavy atom. The average molecular weight is 367 g/mol. The van der Waals surface area contributed by atoms with Gasteiger partial charge in [0.1, 0.15) is 15.5 Å². The molecule has 24 heavy (non-hydrogen) atoms. The molecular weight excluding hydrogens is 350 g/mol.